The molecule has 0 aliphatic carbocycles. The van der Waals surface area contributed by atoms with E-state index in [4.69, 9.17) is 57.3 Å². The van der Waals surface area contributed by atoms with E-state index in [-0.39, 0.29) is 88.7 Å². The minimum Gasteiger partial charge on any atom is -0.508 e. The van der Waals surface area contributed by atoms with Gasteiger partial charge in [-0.15, -0.1) is 0 Å². The Morgan fingerprint density at radius 1 is 0.306 bits per heavy atom. The quantitative estimate of drug-likeness (QED) is 0.0164. The molecule has 0 saturated heterocycles. The summed E-state index contributed by atoms with van der Waals surface area (Å²) in [5.41, 5.74) is 55.1. The average Bonchev–Trinajstić information content (AvgIpc) is 0.852. The minimum absolute atomic E-state index is 0.0386. The van der Waals surface area contributed by atoms with Crippen molar-refractivity contribution in [3.8, 4) is 5.75 Å². The number of amides is 21. The number of hydrogen-bond acceptors (Lipinski definition) is 32. The van der Waals surface area contributed by atoms with E-state index in [9.17, 15) is 160 Å². The maximum atomic E-state index is 14.8. The number of carbonyl (C=O) groups excluding carboxylic acids is 21. The van der Waals surface area contributed by atoms with Crippen LogP contribution in [0.4, 0.5) is 0 Å². The number of phenolic OH excluding ortho intramolecular Hbond substituents is 1. The molecular formula is C87H141N27O33. The highest BCUT2D eigenvalue weighted by molar-refractivity contribution is 6.03. The lowest BCUT2D eigenvalue weighted by Gasteiger charge is -2.30. The van der Waals surface area contributed by atoms with Gasteiger partial charge in [0.15, 0.2) is 5.96 Å². The molecule has 0 aromatic heterocycles. The Balaban J connectivity index is 4.02. The number of nitrogens with zero attached hydrogens (tertiary/aromatic N) is 1. The molecule has 60 heteroatoms. The van der Waals surface area contributed by atoms with Crippen molar-refractivity contribution in [3.63, 3.8) is 0 Å². The number of aliphatic hydroxyl groups is 1. The third-order valence-corrected chi connectivity index (χ3v) is 22.0. The Hall–Kier alpha value is -15.6. The van der Waals surface area contributed by atoms with Crippen LogP contribution < -0.4 is 142 Å². The van der Waals surface area contributed by atoms with Crippen molar-refractivity contribution in [2.24, 2.45) is 74.2 Å². The first-order chi connectivity index (χ1) is 69.0. The number of carboxylic acid groups (broad SMARTS) is 5. The molecule has 0 spiro atoms. The SMILES string of the molecule is CC[C@H](C)[C@H](NC(=O)[C@H](CC(C)C)NC(=O)[C@H](CCC(=O)O)NC(=O)[C@H](CCC(N)=O)NC(=O)[C@H](CC(N)=O)NC(=O)[C@H](CCCCN)NC(=O)[C@H](CCC(N)=O)NC(=O)[C@H](Cc1ccc(O)cc1)NC(=O)[C@H](CCC(=O)O)NC(=O)[C@H](CCC(=O)O)NC(=O)[C@H](CCC(=O)O)NC(=O)CN)C(=O)N[C@@H](CCCN=C(N)N)C(=O)N[C@@H](CCC(=O)O)C(=O)N[C@@H](CCCCN)C(=O)N[C@@H](CO)C(=O)N[C@@H](CC(N)=O)C(N)=O. The highest BCUT2D eigenvalue weighted by Gasteiger charge is 2.42. The zero-order valence-electron chi connectivity index (χ0n) is 81.8. The molecule has 0 saturated carbocycles. The van der Waals surface area contributed by atoms with Crippen molar-refractivity contribution in [1.29, 1.82) is 0 Å². The van der Waals surface area contributed by atoms with Crippen LogP contribution in [0.2, 0.25) is 0 Å². The van der Waals surface area contributed by atoms with Crippen LogP contribution in [0, 0.1) is 11.8 Å². The van der Waals surface area contributed by atoms with Gasteiger partial charge < -0.3 is 178 Å². The highest BCUT2D eigenvalue weighted by Crippen LogP contribution is 2.19. The van der Waals surface area contributed by atoms with E-state index in [1.54, 1.807) is 20.8 Å². The topological polar surface area (TPSA) is 1050 Å². The molecule has 0 aliphatic heterocycles. The van der Waals surface area contributed by atoms with Gasteiger partial charge in [0.05, 0.1) is 26.0 Å². The number of nitrogens with one attached hydrogen (secondary N) is 16. The van der Waals surface area contributed by atoms with Gasteiger partial charge in [0.2, 0.25) is 124 Å². The van der Waals surface area contributed by atoms with Crippen LogP contribution in [0.1, 0.15) is 200 Å². The zero-order valence-corrected chi connectivity index (χ0v) is 81.8. The number of rotatable bonds is 77. The maximum absolute atomic E-state index is 14.8. The summed E-state index contributed by atoms with van der Waals surface area (Å²) in [6.07, 6.45) is -14.3. The smallest absolute Gasteiger partial charge is 0.303 e. The number of aliphatic carboxylic acids is 5. The van der Waals surface area contributed by atoms with Crippen molar-refractivity contribution >= 4 is 160 Å². The summed E-state index contributed by atoms with van der Waals surface area (Å²) in [4.78, 5) is 353. The van der Waals surface area contributed by atoms with E-state index in [0.717, 1.165) is 12.1 Å². The second-order valence-electron chi connectivity index (χ2n) is 34.7. The summed E-state index contributed by atoms with van der Waals surface area (Å²) in [6, 6.07) is -25.0. The second kappa shape index (κ2) is 68.6. The maximum Gasteiger partial charge on any atom is 0.303 e. The van der Waals surface area contributed by atoms with Crippen LogP contribution in [0.15, 0.2) is 29.3 Å². The number of phenols is 1. The molecule has 0 radical (unpaired) electrons. The van der Waals surface area contributed by atoms with Gasteiger partial charge in [0.1, 0.15) is 102 Å². The van der Waals surface area contributed by atoms with Crippen LogP contribution in [0.3, 0.4) is 0 Å². The number of primary amides is 5. The predicted molar refractivity (Wildman–Crippen MR) is 511 cm³/mol. The molecule has 147 heavy (non-hydrogen) atoms. The number of carbonyl (C=O) groups is 26. The van der Waals surface area contributed by atoms with Gasteiger partial charge in [-0.1, -0.05) is 46.2 Å². The minimum atomic E-state index is -2.17. The molecule has 822 valence electrons. The summed E-state index contributed by atoms with van der Waals surface area (Å²) in [7, 11) is 0. The third kappa shape index (κ3) is 53.5. The number of aromatic hydroxyl groups is 1. The number of aliphatic imine (C=N–C) groups is 1. The fraction of sp³-hybridized carbons (Fsp3) is 0.621. The van der Waals surface area contributed by atoms with Crippen LogP contribution >= 0.6 is 0 Å². The molecule has 43 N–H and O–H groups in total. The van der Waals surface area contributed by atoms with Crippen molar-refractivity contribution in [2.75, 3.05) is 32.8 Å². The second-order valence-corrected chi connectivity index (χ2v) is 34.7. The van der Waals surface area contributed by atoms with Gasteiger partial charge in [-0.3, -0.25) is 130 Å². The number of carboxylic acids is 5. The molecule has 0 unspecified atom stereocenters. The van der Waals surface area contributed by atoms with Crippen LogP contribution in [-0.2, 0) is 131 Å². The molecule has 0 aliphatic rings. The number of aliphatic hydroxyl groups excluding tert-OH is 1. The van der Waals surface area contributed by atoms with Crippen LogP contribution in [0.5, 0.6) is 5.75 Å². The summed E-state index contributed by atoms with van der Waals surface area (Å²) in [5, 5.41) is 106. The molecule has 1 aromatic carbocycles. The van der Waals surface area contributed by atoms with Crippen molar-refractivity contribution in [2.45, 2.75) is 298 Å². The fourth-order valence-electron chi connectivity index (χ4n) is 13.9. The van der Waals surface area contributed by atoms with E-state index in [1.807, 2.05) is 0 Å². The number of guanidine groups is 1. The molecule has 0 bridgehead atoms. The van der Waals surface area contributed by atoms with Gasteiger partial charge in [-0.05, 0) is 145 Å². The van der Waals surface area contributed by atoms with E-state index in [2.05, 4.69) is 90.1 Å². The lowest BCUT2D eigenvalue weighted by atomic mass is 9.96. The third-order valence-electron chi connectivity index (χ3n) is 22.0. The molecule has 1 rings (SSSR count). The van der Waals surface area contributed by atoms with Gasteiger partial charge in [0.25, 0.3) is 0 Å². The van der Waals surface area contributed by atoms with E-state index >= 15 is 0 Å². The Morgan fingerprint density at radius 2 is 0.578 bits per heavy atom. The summed E-state index contributed by atoms with van der Waals surface area (Å²) < 4.78 is 0. The number of unbranched alkanes of at least 4 members (excludes halogenated alkanes) is 2. The monoisotopic (exact) mass is 2090 g/mol. The first-order valence-electron chi connectivity index (χ1n) is 46.9. The Morgan fingerprint density at radius 3 is 0.884 bits per heavy atom. The molecular weight excluding hydrogens is 1950 g/mol. The van der Waals surface area contributed by atoms with E-state index in [0.29, 0.717) is 0 Å². The van der Waals surface area contributed by atoms with Crippen LogP contribution in [0.25, 0.3) is 0 Å². The van der Waals surface area contributed by atoms with E-state index in [1.165, 1.54) is 19.1 Å². The first-order valence-corrected chi connectivity index (χ1v) is 46.9. The normalized spacial score (nSPS) is 14.4. The Labute approximate surface area is 842 Å². The van der Waals surface area contributed by atoms with Crippen molar-refractivity contribution in [3.05, 3.63) is 29.8 Å². The standard InChI is InChI=1S/C87H141N27O33/c1-5-42(4)70(86(147)108-47(13-10-34-98-87(96)97)72(133)102-51(21-28-66(124)125)78(139)101-46(12-7-9-33-89)74(135)113-59(40-115)85(146)109-55(71(95)132)37-62(93)119)114-84(145)56(35-41(2)3)110-80(141)53(23-30-68(128)129)104-77(138)50(19-26-61(92)118)107-83(144)58(38-63(94)120)112-73(134)45(11-6-8-32-88)100-76(137)49(18-25-60(91)117)106-82(143)57(36-43-14-16-44(116)17-15-43)111-81(142)54(24-31-69(130)131)105-79(140)52(22-29-67(126)127)103-75(136)48(20-27-65(122)123)99-64(121)39-90/h14-17,41-42,45-59,70,115-116H,5-13,18-40,88-90H2,1-4H3,(H2,91,117)(H2,92,118)(H2,93,119)(H2,94,120)(H2,95,132)(H,99,121)(H,100,137)(H,101,139)(H,102,133)(H,103,136)(H,104,138)(H,105,140)(H,106,143)(H,107,144)(H,108,147)(H,109,146)(H,110,141)(H,111,142)(H,112,134)(H,113,135)(H,114,145)(H,122,123)(H,124,125)(H,126,127)(H,128,129)(H,130,131)(H4,96,97,98)/t42-,45-,46-,47-,48-,49-,50-,51-,52-,53-,54-,55-,56-,57-,58-,59-,70-/m0/s1. The summed E-state index contributed by atoms with van der Waals surface area (Å²) in [6.45, 7) is 4.24. The molecule has 21 amide bonds. The largest absolute Gasteiger partial charge is 0.508 e. The van der Waals surface area contributed by atoms with E-state index < -0.39 is 397 Å². The average molecular weight is 2090 g/mol. The highest BCUT2D eigenvalue weighted by atomic mass is 16.4. The molecule has 1 aromatic rings. The number of benzene rings is 1. The predicted octanol–water partition coefficient (Wildman–Crippen LogP) is -12.9. The number of hydrogen-bond donors (Lipinski definition) is 33. The summed E-state index contributed by atoms with van der Waals surface area (Å²) in [5.74, 6) is -35.6. The van der Waals surface area contributed by atoms with Gasteiger partial charge in [-0.2, -0.15) is 0 Å². The van der Waals surface area contributed by atoms with Crippen molar-refractivity contribution < 1.29 is 160 Å². The van der Waals surface area contributed by atoms with Crippen LogP contribution in [-0.4, -0.2) is 325 Å². The van der Waals surface area contributed by atoms with Gasteiger partial charge in [-0.25, -0.2) is 0 Å². The van der Waals surface area contributed by atoms with Gasteiger partial charge in [0, 0.05) is 57.9 Å². The molecule has 0 fully saturated rings. The molecule has 60 nitrogen and oxygen atoms in total. The first kappa shape index (κ1) is 129. The summed E-state index contributed by atoms with van der Waals surface area (Å²) >= 11 is 0. The number of nitrogens with two attached hydrogens (primary N) is 10. The molecule has 0 heterocycles. The van der Waals surface area contributed by atoms with Gasteiger partial charge >= 0.3 is 29.8 Å². The van der Waals surface area contributed by atoms with Crippen molar-refractivity contribution in [1.82, 2.24) is 85.1 Å². The lowest BCUT2D eigenvalue weighted by Crippen LogP contribution is -2.62. The lowest BCUT2D eigenvalue weighted by molar-refractivity contribution is -0.140. The Bertz CT molecular complexity index is 4750. The zero-order chi connectivity index (χ0) is 112. The fourth-order valence-corrected chi connectivity index (χ4v) is 13.9. The molecule has 17 atom stereocenters. The Kier molecular flexibility index (Phi) is 60.3.